The Bertz CT molecular complexity index is 1370. The van der Waals surface area contributed by atoms with Gasteiger partial charge in [-0.25, -0.2) is 17.8 Å². The smallest absolute Gasteiger partial charge is 0.497 e. The average molecular weight is 545 g/mol. The number of nitrogens with one attached hydrogen (secondary N) is 1. The lowest BCUT2D eigenvalue weighted by atomic mass is 10.2. The number of amides is 1. The summed E-state index contributed by atoms with van der Waals surface area (Å²) in [6, 6.07) is 6.85. The van der Waals surface area contributed by atoms with Crippen LogP contribution in [0.3, 0.4) is 0 Å². The minimum Gasteiger partial charge on any atom is -0.497 e. The monoisotopic (exact) mass is 544 g/mol. The Balaban J connectivity index is 2.06. The van der Waals surface area contributed by atoms with E-state index in [0.29, 0.717) is 12.1 Å². The van der Waals surface area contributed by atoms with Crippen molar-refractivity contribution in [2.24, 2.45) is 0 Å². The van der Waals surface area contributed by atoms with Crippen LogP contribution in [0.5, 0.6) is 11.5 Å². The number of hydrogen-bond acceptors (Lipinski definition) is 7. The van der Waals surface area contributed by atoms with Gasteiger partial charge in [-0.05, 0) is 24.3 Å². The Morgan fingerprint density at radius 3 is 2.34 bits per heavy atom. The molecule has 1 amide bonds. The van der Waals surface area contributed by atoms with Gasteiger partial charge in [0.25, 0.3) is 15.9 Å². The summed E-state index contributed by atoms with van der Waals surface area (Å²) >= 11 is 5.94. The maximum absolute atomic E-state index is 13.9. The largest absolute Gasteiger partial charge is 0.573 e. The summed E-state index contributed by atoms with van der Waals surface area (Å²) in [6.45, 7) is 0. The van der Waals surface area contributed by atoms with E-state index in [0.717, 1.165) is 18.2 Å². The van der Waals surface area contributed by atoms with Crippen molar-refractivity contribution in [3.8, 4) is 17.2 Å². The second-order valence-corrected chi connectivity index (χ2v) is 8.50. The van der Waals surface area contributed by atoms with Gasteiger partial charge in [0.1, 0.15) is 16.4 Å². The number of halogens is 7. The predicted octanol–water partition coefficient (Wildman–Crippen LogP) is 3.97. The SMILES string of the molecule is COc1ccc(Cl)c(-n2nnc(C(=O)NS(=O)(=O)c3ccccc3OC(F)(F)F)c2C(F)(F)F)c1. The second kappa shape index (κ2) is 9.26. The number of nitrogens with zero attached hydrogens (tertiary/aromatic N) is 3. The molecule has 0 aliphatic heterocycles. The molecule has 0 bridgehead atoms. The lowest BCUT2D eigenvalue weighted by molar-refractivity contribution is -0.275. The first-order valence-electron chi connectivity index (χ1n) is 8.93. The molecule has 0 aliphatic rings. The minimum atomic E-state index is -5.30. The number of ether oxygens (including phenoxy) is 2. The van der Waals surface area contributed by atoms with Gasteiger partial charge in [-0.3, -0.25) is 4.79 Å². The zero-order valence-corrected chi connectivity index (χ0v) is 18.6. The Morgan fingerprint density at radius 1 is 1.09 bits per heavy atom. The molecule has 0 saturated heterocycles. The Kier molecular flexibility index (Phi) is 6.90. The molecule has 0 atom stereocenters. The molecular formula is C18H11ClF6N4O5S. The summed E-state index contributed by atoms with van der Waals surface area (Å²) in [7, 11) is -3.94. The first-order chi connectivity index (χ1) is 16.1. The molecule has 0 radical (unpaired) electrons. The maximum atomic E-state index is 13.9. The lowest BCUT2D eigenvalue weighted by Gasteiger charge is -2.14. The number of carbonyl (C=O) groups excluding carboxylic acids is 1. The summed E-state index contributed by atoms with van der Waals surface area (Å²) in [4.78, 5) is 11.4. The highest BCUT2D eigenvalue weighted by molar-refractivity contribution is 7.90. The van der Waals surface area contributed by atoms with Crippen molar-refractivity contribution >= 4 is 27.5 Å². The third kappa shape index (κ3) is 5.76. The number of sulfonamides is 1. The van der Waals surface area contributed by atoms with Crippen LogP contribution in [0.1, 0.15) is 16.2 Å². The lowest BCUT2D eigenvalue weighted by Crippen LogP contribution is -2.33. The van der Waals surface area contributed by atoms with Crippen LogP contribution in [-0.4, -0.2) is 42.8 Å². The maximum Gasteiger partial charge on any atom is 0.573 e. The number of aromatic nitrogens is 3. The van der Waals surface area contributed by atoms with Crippen LogP contribution in [0, 0.1) is 0 Å². The Labute approximate surface area is 197 Å². The third-order valence-corrected chi connectivity index (χ3v) is 5.82. The first kappa shape index (κ1) is 26.1. The molecule has 35 heavy (non-hydrogen) atoms. The molecule has 0 fully saturated rings. The number of para-hydroxylation sites is 1. The zero-order valence-electron chi connectivity index (χ0n) is 17.0. The summed E-state index contributed by atoms with van der Waals surface area (Å²) in [5.74, 6) is -3.07. The van der Waals surface area contributed by atoms with E-state index in [9.17, 15) is 39.6 Å². The van der Waals surface area contributed by atoms with E-state index in [1.165, 1.54) is 24.0 Å². The van der Waals surface area contributed by atoms with Crippen LogP contribution in [0.15, 0.2) is 47.4 Å². The van der Waals surface area contributed by atoms with Crippen molar-refractivity contribution in [1.29, 1.82) is 0 Å². The zero-order chi connectivity index (χ0) is 26.2. The third-order valence-electron chi connectivity index (χ3n) is 4.13. The van der Waals surface area contributed by atoms with E-state index in [4.69, 9.17) is 16.3 Å². The van der Waals surface area contributed by atoms with Gasteiger partial charge in [-0.2, -0.15) is 13.2 Å². The molecule has 1 aromatic heterocycles. The van der Waals surface area contributed by atoms with Gasteiger partial charge in [0.15, 0.2) is 11.4 Å². The quantitative estimate of drug-likeness (QED) is 0.467. The number of benzene rings is 2. The predicted molar refractivity (Wildman–Crippen MR) is 106 cm³/mol. The van der Waals surface area contributed by atoms with Gasteiger partial charge in [0.2, 0.25) is 0 Å². The van der Waals surface area contributed by atoms with Crippen LogP contribution in [0.25, 0.3) is 5.69 Å². The molecule has 0 unspecified atom stereocenters. The Hall–Kier alpha value is -3.53. The van der Waals surface area contributed by atoms with Gasteiger partial charge >= 0.3 is 12.5 Å². The average Bonchev–Trinajstić information content (AvgIpc) is 3.19. The summed E-state index contributed by atoms with van der Waals surface area (Å²) in [6.07, 6.45) is -10.6. The molecule has 0 saturated carbocycles. The van der Waals surface area contributed by atoms with E-state index < -0.39 is 56.2 Å². The van der Waals surface area contributed by atoms with E-state index in [1.54, 1.807) is 0 Å². The van der Waals surface area contributed by atoms with Crippen LogP contribution < -0.4 is 14.2 Å². The van der Waals surface area contributed by atoms with Gasteiger partial charge in [-0.1, -0.05) is 28.9 Å². The fourth-order valence-corrected chi connectivity index (χ4v) is 4.03. The molecule has 1 N–H and O–H groups in total. The molecule has 2 aromatic carbocycles. The van der Waals surface area contributed by atoms with Crippen molar-refractivity contribution in [2.45, 2.75) is 17.4 Å². The highest BCUT2D eigenvalue weighted by Crippen LogP contribution is 2.36. The summed E-state index contributed by atoms with van der Waals surface area (Å²) in [5.41, 5.74) is -3.70. The van der Waals surface area contributed by atoms with Crippen LogP contribution in [0.4, 0.5) is 26.3 Å². The number of hydrogen-bond donors (Lipinski definition) is 1. The van der Waals surface area contributed by atoms with Crippen molar-refractivity contribution in [2.75, 3.05) is 7.11 Å². The van der Waals surface area contributed by atoms with E-state index >= 15 is 0 Å². The van der Waals surface area contributed by atoms with E-state index in [-0.39, 0.29) is 15.5 Å². The summed E-state index contributed by atoms with van der Waals surface area (Å²) < 4.78 is 114. The number of methoxy groups -OCH3 is 1. The highest BCUT2D eigenvalue weighted by Gasteiger charge is 2.43. The van der Waals surface area contributed by atoms with Crippen molar-refractivity contribution < 1.29 is 49.0 Å². The van der Waals surface area contributed by atoms with Crippen molar-refractivity contribution in [1.82, 2.24) is 19.7 Å². The van der Waals surface area contributed by atoms with Gasteiger partial charge < -0.3 is 9.47 Å². The van der Waals surface area contributed by atoms with E-state index in [2.05, 4.69) is 15.0 Å². The molecule has 17 heteroatoms. The first-order valence-corrected chi connectivity index (χ1v) is 10.8. The van der Waals surface area contributed by atoms with Gasteiger partial charge in [-0.15, -0.1) is 18.3 Å². The minimum absolute atomic E-state index is 0.0721. The fourth-order valence-electron chi connectivity index (χ4n) is 2.75. The van der Waals surface area contributed by atoms with Gasteiger partial charge in [0, 0.05) is 6.07 Å². The number of rotatable bonds is 6. The normalized spacial score (nSPS) is 12.3. The topological polar surface area (TPSA) is 112 Å². The van der Waals surface area contributed by atoms with Crippen LogP contribution in [-0.2, 0) is 16.2 Å². The van der Waals surface area contributed by atoms with Crippen LogP contribution in [0.2, 0.25) is 5.02 Å². The Morgan fingerprint density at radius 2 is 1.74 bits per heavy atom. The second-order valence-electron chi connectivity index (χ2n) is 6.44. The van der Waals surface area contributed by atoms with Crippen LogP contribution >= 0.6 is 11.6 Å². The molecule has 3 aromatic rings. The summed E-state index contributed by atoms with van der Waals surface area (Å²) in [5, 5.41) is 6.13. The molecule has 9 nitrogen and oxygen atoms in total. The molecule has 0 spiro atoms. The van der Waals surface area contributed by atoms with E-state index in [1.807, 2.05) is 0 Å². The standard InChI is InChI=1S/C18H11ClF6N4O5S/c1-33-9-6-7-10(19)11(8-9)29-15(17(20,21)22)14(26-28-29)16(30)27-35(31,32)13-5-3-2-4-12(13)34-18(23,24)25/h2-8H,1H3,(H,27,30). The fraction of sp³-hybridized carbons (Fsp3) is 0.167. The molecule has 3 rings (SSSR count). The molecular weight excluding hydrogens is 534 g/mol. The molecule has 0 aliphatic carbocycles. The number of alkyl halides is 6. The molecule has 188 valence electrons. The molecule has 1 heterocycles. The van der Waals surface area contributed by atoms with Gasteiger partial charge in [0.05, 0.1) is 17.8 Å². The van der Waals surface area contributed by atoms with Crippen molar-refractivity contribution in [3.63, 3.8) is 0 Å². The van der Waals surface area contributed by atoms with Crippen molar-refractivity contribution in [3.05, 3.63) is 58.9 Å². The highest BCUT2D eigenvalue weighted by atomic mass is 35.5. The number of carbonyl (C=O) groups is 1.